The average molecular weight is 275 g/mol. The predicted molar refractivity (Wildman–Crippen MR) is 74.3 cm³/mol. The molecule has 4 nitrogen and oxygen atoms in total. The maximum Gasteiger partial charge on any atom is 0.311 e. The smallest absolute Gasteiger partial charge is 0.311 e. The van der Waals surface area contributed by atoms with Gasteiger partial charge in [-0.2, -0.15) is 0 Å². The number of esters is 1. The molecule has 0 radical (unpaired) electrons. The van der Waals surface area contributed by atoms with E-state index in [0.717, 1.165) is 25.0 Å². The summed E-state index contributed by atoms with van der Waals surface area (Å²) in [6, 6.07) is 5.89. The van der Waals surface area contributed by atoms with E-state index >= 15 is 0 Å². The molecule has 2 unspecified atom stereocenters. The zero-order valence-electron chi connectivity index (χ0n) is 11.9. The van der Waals surface area contributed by atoms with Crippen LogP contribution in [0.3, 0.4) is 0 Å². The van der Waals surface area contributed by atoms with Crippen LogP contribution in [-0.4, -0.2) is 30.3 Å². The van der Waals surface area contributed by atoms with Gasteiger partial charge >= 0.3 is 5.97 Å². The van der Waals surface area contributed by atoms with Crippen molar-refractivity contribution in [1.29, 1.82) is 0 Å². The third-order valence-electron chi connectivity index (χ3n) is 4.73. The maximum atomic E-state index is 12.0. The second kappa shape index (κ2) is 5.52. The predicted octanol–water partition coefficient (Wildman–Crippen LogP) is 2.69. The lowest BCUT2D eigenvalue weighted by Crippen LogP contribution is -2.44. The molecule has 1 aromatic heterocycles. The summed E-state index contributed by atoms with van der Waals surface area (Å²) in [5.74, 6) is -0.315. The van der Waals surface area contributed by atoms with Crippen LogP contribution in [0.1, 0.15) is 43.7 Å². The molecular weight excluding hydrogens is 254 g/mol. The zero-order valence-corrected chi connectivity index (χ0v) is 11.9. The first-order chi connectivity index (χ1) is 9.74. The average Bonchev–Trinajstić information content (AvgIpc) is 2.95. The number of methoxy groups -OCH3 is 1. The Balaban J connectivity index is 1.88. The fourth-order valence-electron chi connectivity index (χ4n) is 3.64. The number of aromatic nitrogens is 1. The van der Waals surface area contributed by atoms with Crippen LogP contribution in [0.25, 0.3) is 0 Å². The van der Waals surface area contributed by atoms with Gasteiger partial charge in [-0.1, -0.05) is 18.9 Å². The molecule has 2 heterocycles. The van der Waals surface area contributed by atoms with Crippen molar-refractivity contribution >= 4 is 5.97 Å². The van der Waals surface area contributed by atoms with Crippen molar-refractivity contribution in [2.75, 3.05) is 13.7 Å². The Hall–Kier alpha value is -1.42. The van der Waals surface area contributed by atoms with E-state index in [1.165, 1.54) is 20.0 Å². The molecule has 2 fully saturated rings. The van der Waals surface area contributed by atoms with Crippen molar-refractivity contribution in [2.24, 2.45) is 5.92 Å². The van der Waals surface area contributed by atoms with Crippen LogP contribution in [-0.2, 0) is 14.3 Å². The fraction of sp³-hybridized carbons (Fsp3) is 0.625. The summed E-state index contributed by atoms with van der Waals surface area (Å²) in [6.45, 7) is 0.452. The molecule has 0 N–H and O–H groups in total. The third kappa shape index (κ3) is 2.44. The Morgan fingerprint density at radius 2 is 2.20 bits per heavy atom. The van der Waals surface area contributed by atoms with Crippen LogP contribution in [0.4, 0.5) is 0 Å². The van der Waals surface area contributed by atoms with E-state index in [2.05, 4.69) is 4.98 Å². The van der Waals surface area contributed by atoms with E-state index in [4.69, 9.17) is 9.47 Å². The fourth-order valence-corrected chi connectivity index (χ4v) is 3.64. The van der Waals surface area contributed by atoms with Crippen LogP contribution in [0.2, 0.25) is 0 Å². The van der Waals surface area contributed by atoms with Crippen LogP contribution in [0, 0.1) is 5.92 Å². The summed E-state index contributed by atoms with van der Waals surface area (Å²) in [6.07, 6.45) is 7.31. The van der Waals surface area contributed by atoms with Crippen molar-refractivity contribution in [3.8, 4) is 0 Å². The first kappa shape index (κ1) is 13.6. The number of carbonyl (C=O) groups excluding carboxylic acids is 1. The largest absolute Gasteiger partial charge is 0.469 e. The lowest BCUT2D eigenvalue weighted by molar-refractivity contribution is -0.161. The Bertz CT molecular complexity index is 468. The second-order valence-corrected chi connectivity index (χ2v) is 5.90. The summed E-state index contributed by atoms with van der Waals surface area (Å²) < 4.78 is 11.0. The van der Waals surface area contributed by atoms with E-state index < -0.39 is 0 Å². The minimum atomic E-state index is -0.235. The molecule has 1 spiro atoms. The number of rotatable bonds is 2. The number of hydrogen-bond acceptors (Lipinski definition) is 4. The van der Waals surface area contributed by atoms with Gasteiger partial charge in [-0.3, -0.25) is 9.78 Å². The van der Waals surface area contributed by atoms with Crippen LogP contribution >= 0.6 is 0 Å². The highest BCUT2D eigenvalue weighted by molar-refractivity contribution is 5.73. The van der Waals surface area contributed by atoms with Gasteiger partial charge in [0, 0.05) is 17.8 Å². The zero-order chi connectivity index (χ0) is 14.0. The topological polar surface area (TPSA) is 48.4 Å². The van der Waals surface area contributed by atoms with Crippen LogP contribution in [0.5, 0.6) is 0 Å². The van der Waals surface area contributed by atoms with Gasteiger partial charge in [0.05, 0.1) is 25.2 Å². The molecular formula is C16H21NO3. The normalized spacial score (nSPS) is 28.4. The van der Waals surface area contributed by atoms with Gasteiger partial charge in [-0.05, 0) is 31.4 Å². The quantitative estimate of drug-likeness (QED) is 0.779. The van der Waals surface area contributed by atoms with Gasteiger partial charge in [-0.15, -0.1) is 0 Å². The SMILES string of the molecule is COC(=O)C1COC2(CCCC2)CC1c1ccccn1. The van der Waals surface area contributed by atoms with Crippen molar-refractivity contribution in [1.82, 2.24) is 4.98 Å². The van der Waals surface area contributed by atoms with Crippen LogP contribution in [0.15, 0.2) is 24.4 Å². The van der Waals surface area contributed by atoms with Gasteiger partial charge in [0.1, 0.15) is 0 Å². The highest BCUT2D eigenvalue weighted by atomic mass is 16.5. The maximum absolute atomic E-state index is 12.0. The Labute approximate surface area is 119 Å². The lowest BCUT2D eigenvalue weighted by Gasteiger charge is -2.41. The first-order valence-electron chi connectivity index (χ1n) is 7.37. The molecule has 1 aromatic rings. The summed E-state index contributed by atoms with van der Waals surface area (Å²) in [4.78, 5) is 16.5. The highest BCUT2D eigenvalue weighted by Crippen LogP contribution is 2.47. The molecule has 1 saturated carbocycles. The van der Waals surface area contributed by atoms with E-state index in [1.54, 1.807) is 6.20 Å². The molecule has 1 saturated heterocycles. The molecule has 108 valence electrons. The number of hydrogen-bond donors (Lipinski definition) is 0. The molecule has 3 rings (SSSR count). The van der Waals surface area contributed by atoms with E-state index in [9.17, 15) is 4.79 Å². The summed E-state index contributed by atoms with van der Waals surface area (Å²) in [5.41, 5.74) is 0.949. The number of ether oxygens (including phenoxy) is 2. The molecule has 4 heteroatoms. The van der Waals surface area contributed by atoms with Gasteiger partial charge < -0.3 is 9.47 Å². The van der Waals surface area contributed by atoms with Crippen molar-refractivity contribution < 1.29 is 14.3 Å². The van der Waals surface area contributed by atoms with Gasteiger partial charge in [0.2, 0.25) is 0 Å². The number of nitrogens with zero attached hydrogens (tertiary/aromatic N) is 1. The minimum Gasteiger partial charge on any atom is -0.469 e. The highest BCUT2D eigenvalue weighted by Gasteiger charge is 2.47. The van der Waals surface area contributed by atoms with Crippen molar-refractivity contribution in [3.05, 3.63) is 30.1 Å². The molecule has 1 aliphatic heterocycles. The van der Waals surface area contributed by atoms with Gasteiger partial charge in [-0.25, -0.2) is 0 Å². The minimum absolute atomic E-state index is 0.0350. The van der Waals surface area contributed by atoms with Crippen molar-refractivity contribution in [2.45, 2.75) is 43.6 Å². The monoisotopic (exact) mass is 275 g/mol. The molecule has 20 heavy (non-hydrogen) atoms. The van der Waals surface area contributed by atoms with Crippen molar-refractivity contribution in [3.63, 3.8) is 0 Å². The molecule has 0 amide bonds. The van der Waals surface area contributed by atoms with E-state index in [-0.39, 0.29) is 23.4 Å². The number of pyridine rings is 1. The lowest BCUT2D eigenvalue weighted by atomic mass is 9.76. The number of carbonyl (C=O) groups is 1. The Morgan fingerprint density at radius 3 is 2.85 bits per heavy atom. The molecule has 0 bridgehead atoms. The van der Waals surface area contributed by atoms with Crippen LogP contribution < -0.4 is 0 Å². The van der Waals surface area contributed by atoms with Gasteiger partial charge in [0.15, 0.2) is 0 Å². The third-order valence-corrected chi connectivity index (χ3v) is 4.73. The summed E-state index contributed by atoms with van der Waals surface area (Å²) >= 11 is 0. The molecule has 1 aliphatic carbocycles. The molecule has 2 atom stereocenters. The summed E-state index contributed by atoms with van der Waals surface area (Å²) in [5, 5.41) is 0. The Kier molecular flexibility index (Phi) is 3.74. The van der Waals surface area contributed by atoms with Gasteiger partial charge in [0.25, 0.3) is 0 Å². The Morgan fingerprint density at radius 1 is 1.40 bits per heavy atom. The molecule has 2 aliphatic rings. The standard InChI is InChI=1S/C16H21NO3/c1-19-15(18)13-11-20-16(7-3-4-8-16)10-12(13)14-6-2-5-9-17-14/h2,5-6,9,12-13H,3-4,7-8,10-11H2,1H3. The first-order valence-corrected chi connectivity index (χ1v) is 7.37. The van der Waals surface area contributed by atoms with E-state index in [0.29, 0.717) is 6.61 Å². The molecule has 0 aromatic carbocycles. The second-order valence-electron chi connectivity index (χ2n) is 5.90. The van der Waals surface area contributed by atoms with E-state index in [1.807, 2.05) is 18.2 Å². The summed E-state index contributed by atoms with van der Waals surface area (Å²) in [7, 11) is 1.44.